The number of rotatable bonds is 4. The minimum absolute atomic E-state index is 0.0435. The predicted octanol–water partition coefficient (Wildman–Crippen LogP) is 4.32. The van der Waals surface area contributed by atoms with E-state index in [0.29, 0.717) is 29.2 Å². The van der Waals surface area contributed by atoms with Crippen molar-refractivity contribution in [1.82, 2.24) is 0 Å². The van der Waals surface area contributed by atoms with E-state index >= 15 is 0 Å². The van der Waals surface area contributed by atoms with Gasteiger partial charge in [-0.25, -0.2) is 0 Å². The molecule has 0 amide bonds. The van der Waals surface area contributed by atoms with Crippen molar-refractivity contribution >= 4 is 16.9 Å². The number of hydrogen-bond acceptors (Lipinski definition) is 7. The van der Waals surface area contributed by atoms with E-state index < -0.39 is 5.43 Å². The maximum Gasteiger partial charge on any atom is 0.311 e. The number of carbonyl (C=O) groups is 1. The van der Waals surface area contributed by atoms with Gasteiger partial charge in [0.15, 0.2) is 16.9 Å². The zero-order chi connectivity index (χ0) is 21.6. The molecule has 0 radical (unpaired) electrons. The average molecular weight is 410 g/mol. The number of carbonyl (C=O) groups excluding carboxylic acids is 1. The molecule has 1 aromatic heterocycles. The van der Waals surface area contributed by atoms with Crippen molar-refractivity contribution in [2.45, 2.75) is 32.6 Å². The molecule has 0 unspecified atom stereocenters. The van der Waals surface area contributed by atoms with Crippen LogP contribution in [0.25, 0.3) is 22.3 Å². The minimum atomic E-state index is -0.429. The van der Waals surface area contributed by atoms with Gasteiger partial charge >= 0.3 is 5.97 Å². The van der Waals surface area contributed by atoms with E-state index in [1.165, 1.54) is 25.3 Å². The summed E-state index contributed by atoms with van der Waals surface area (Å²) in [4.78, 5) is 24.9. The Bertz CT molecular complexity index is 1210. The molecule has 0 spiro atoms. The summed E-state index contributed by atoms with van der Waals surface area (Å²) in [6, 6.07) is 7.23. The SMILES string of the molecule is COc1ccc(-c2cc(=O)c3c(O)cc4c(c3o2)[C@H](CC(C)C)CC(=O)O4)cc1O. The Kier molecular flexibility index (Phi) is 4.89. The van der Waals surface area contributed by atoms with E-state index in [9.17, 15) is 19.8 Å². The number of phenols is 2. The van der Waals surface area contributed by atoms with Crippen molar-refractivity contribution in [3.05, 3.63) is 46.1 Å². The molecule has 3 aromatic rings. The third-order valence-electron chi connectivity index (χ3n) is 5.25. The maximum atomic E-state index is 12.9. The van der Waals surface area contributed by atoms with Gasteiger partial charge in [0.1, 0.15) is 28.2 Å². The maximum absolute atomic E-state index is 12.9. The first kappa shape index (κ1) is 19.8. The fourth-order valence-electron chi connectivity index (χ4n) is 4.01. The van der Waals surface area contributed by atoms with Gasteiger partial charge in [0.05, 0.1) is 13.5 Å². The average Bonchev–Trinajstić information content (AvgIpc) is 2.66. The van der Waals surface area contributed by atoms with Crippen LogP contribution in [0.4, 0.5) is 0 Å². The Labute approximate surface area is 172 Å². The van der Waals surface area contributed by atoms with Crippen molar-refractivity contribution in [3.63, 3.8) is 0 Å². The predicted molar refractivity (Wildman–Crippen MR) is 110 cm³/mol. The summed E-state index contributed by atoms with van der Waals surface area (Å²) in [6.07, 6.45) is 0.863. The van der Waals surface area contributed by atoms with Crippen LogP contribution < -0.4 is 14.9 Å². The third-order valence-corrected chi connectivity index (χ3v) is 5.25. The summed E-state index contributed by atoms with van der Waals surface area (Å²) in [5, 5.41) is 20.6. The van der Waals surface area contributed by atoms with Gasteiger partial charge in [-0.2, -0.15) is 0 Å². The number of ether oxygens (including phenoxy) is 2. The van der Waals surface area contributed by atoms with Crippen LogP contribution in [0.2, 0.25) is 0 Å². The van der Waals surface area contributed by atoms with E-state index in [1.54, 1.807) is 12.1 Å². The number of methoxy groups -OCH3 is 1. The van der Waals surface area contributed by atoms with Crippen LogP contribution in [-0.2, 0) is 4.79 Å². The molecular weight excluding hydrogens is 388 g/mol. The van der Waals surface area contributed by atoms with Gasteiger partial charge in [0.2, 0.25) is 0 Å². The molecule has 2 aromatic carbocycles. The number of hydrogen-bond donors (Lipinski definition) is 2. The fraction of sp³-hybridized carbons (Fsp3) is 0.304. The van der Waals surface area contributed by atoms with Crippen LogP contribution in [0.1, 0.15) is 38.2 Å². The van der Waals surface area contributed by atoms with Crippen LogP contribution in [0, 0.1) is 5.92 Å². The largest absolute Gasteiger partial charge is 0.507 e. The molecule has 7 nitrogen and oxygen atoms in total. The van der Waals surface area contributed by atoms with Gasteiger partial charge in [-0.3, -0.25) is 9.59 Å². The lowest BCUT2D eigenvalue weighted by atomic mass is 9.84. The van der Waals surface area contributed by atoms with Crippen molar-refractivity contribution < 1.29 is 28.9 Å². The van der Waals surface area contributed by atoms with Gasteiger partial charge < -0.3 is 24.1 Å². The summed E-state index contributed by atoms with van der Waals surface area (Å²) in [5.74, 6) is 0.0320. The van der Waals surface area contributed by atoms with Gasteiger partial charge in [0, 0.05) is 29.2 Å². The quantitative estimate of drug-likeness (QED) is 0.487. The van der Waals surface area contributed by atoms with E-state index in [0.717, 1.165) is 0 Å². The highest BCUT2D eigenvalue weighted by Crippen LogP contribution is 2.45. The van der Waals surface area contributed by atoms with Gasteiger partial charge in [-0.1, -0.05) is 13.8 Å². The highest BCUT2D eigenvalue weighted by Gasteiger charge is 2.32. The normalized spacial score (nSPS) is 15.9. The Morgan fingerprint density at radius 1 is 1.13 bits per heavy atom. The first-order valence-corrected chi connectivity index (χ1v) is 9.70. The molecular formula is C23H22O7. The summed E-state index contributed by atoms with van der Waals surface area (Å²) in [7, 11) is 1.44. The number of esters is 1. The molecule has 0 fully saturated rings. The minimum Gasteiger partial charge on any atom is -0.507 e. The second-order valence-electron chi connectivity index (χ2n) is 7.88. The lowest BCUT2D eigenvalue weighted by Gasteiger charge is -2.26. The van der Waals surface area contributed by atoms with E-state index in [4.69, 9.17) is 13.9 Å². The molecule has 1 aliphatic rings. The second kappa shape index (κ2) is 7.40. The highest BCUT2D eigenvalue weighted by molar-refractivity contribution is 5.92. The van der Waals surface area contributed by atoms with E-state index in [2.05, 4.69) is 0 Å². The molecule has 2 heterocycles. The second-order valence-corrected chi connectivity index (χ2v) is 7.88. The smallest absolute Gasteiger partial charge is 0.311 e. The molecule has 7 heteroatoms. The first-order chi connectivity index (χ1) is 14.3. The summed E-state index contributed by atoms with van der Waals surface area (Å²) < 4.78 is 16.5. The van der Waals surface area contributed by atoms with Crippen LogP contribution in [-0.4, -0.2) is 23.3 Å². The van der Waals surface area contributed by atoms with E-state index in [-0.39, 0.29) is 52.3 Å². The van der Waals surface area contributed by atoms with Crippen molar-refractivity contribution in [2.75, 3.05) is 7.11 Å². The van der Waals surface area contributed by atoms with Gasteiger partial charge in [-0.05, 0) is 30.5 Å². The fourth-order valence-corrected chi connectivity index (χ4v) is 4.01. The van der Waals surface area contributed by atoms with Crippen LogP contribution in [0.15, 0.2) is 39.5 Å². The topological polar surface area (TPSA) is 106 Å². The zero-order valence-corrected chi connectivity index (χ0v) is 16.9. The first-order valence-electron chi connectivity index (χ1n) is 9.70. The number of benzene rings is 2. The van der Waals surface area contributed by atoms with E-state index in [1.807, 2.05) is 13.8 Å². The van der Waals surface area contributed by atoms with Crippen molar-refractivity contribution in [3.8, 4) is 34.3 Å². The Morgan fingerprint density at radius 2 is 1.90 bits per heavy atom. The highest BCUT2D eigenvalue weighted by atomic mass is 16.5. The molecule has 156 valence electrons. The molecule has 0 aliphatic carbocycles. The Morgan fingerprint density at radius 3 is 2.57 bits per heavy atom. The molecule has 30 heavy (non-hydrogen) atoms. The summed E-state index contributed by atoms with van der Waals surface area (Å²) in [5.41, 5.74) is 0.841. The van der Waals surface area contributed by atoms with Crippen molar-refractivity contribution in [1.29, 1.82) is 0 Å². The van der Waals surface area contributed by atoms with Gasteiger partial charge in [0.25, 0.3) is 0 Å². The molecule has 4 rings (SSSR count). The third kappa shape index (κ3) is 3.36. The number of phenolic OH excluding ortho intramolecular Hbond substituents is 2. The Balaban J connectivity index is 1.98. The zero-order valence-electron chi connectivity index (χ0n) is 16.9. The number of aromatic hydroxyl groups is 2. The molecule has 0 saturated heterocycles. The van der Waals surface area contributed by atoms with Crippen LogP contribution in [0.3, 0.4) is 0 Å². The number of fused-ring (bicyclic) bond motifs is 3. The van der Waals surface area contributed by atoms with Crippen LogP contribution in [0.5, 0.6) is 23.0 Å². The van der Waals surface area contributed by atoms with Crippen LogP contribution >= 0.6 is 0 Å². The molecule has 0 bridgehead atoms. The Hall–Kier alpha value is -3.48. The van der Waals surface area contributed by atoms with Crippen molar-refractivity contribution in [2.24, 2.45) is 5.92 Å². The lowest BCUT2D eigenvalue weighted by Crippen LogP contribution is -2.22. The monoisotopic (exact) mass is 410 g/mol. The molecule has 0 saturated carbocycles. The van der Waals surface area contributed by atoms with Gasteiger partial charge in [-0.15, -0.1) is 0 Å². The summed E-state index contributed by atoms with van der Waals surface area (Å²) in [6.45, 7) is 4.09. The molecule has 1 aliphatic heterocycles. The molecule has 2 N–H and O–H groups in total. The molecule has 1 atom stereocenters. The lowest BCUT2D eigenvalue weighted by molar-refractivity contribution is -0.136. The standard InChI is InChI=1S/C23H22O7/c1-11(2)6-13-8-20(27)29-19-10-16(26)22-15(25)9-18(30-23(22)21(13)19)12-4-5-17(28-3)14(24)7-12/h4-5,7,9-11,13,24,26H,6,8H2,1-3H3/t13-/m1/s1. The summed E-state index contributed by atoms with van der Waals surface area (Å²) >= 11 is 0.